The van der Waals surface area contributed by atoms with E-state index in [0.717, 1.165) is 28.4 Å². The smallest absolute Gasteiger partial charge is 0.135 e. The normalized spacial score (nSPS) is 18.7. The predicted octanol–water partition coefficient (Wildman–Crippen LogP) is 2.41. The van der Waals surface area contributed by atoms with Gasteiger partial charge in [-0.05, 0) is 47.3 Å². The summed E-state index contributed by atoms with van der Waals surface area (Å²) in [6, 6.07) is 3.83. The number of hydrogen-bond acceptors (Lipinski definition) is 2. The first-order chi connectivity index (χ1) is 6.04. The highest BCUT2D eigenvalue weighted by Crippen LogP contribution is 2.49. The van der Waals surface area contributed by atoms with Crippen LogP contribution in [0.1, 0.15) is 24.0 Å². The minimum absolute atomic E-state index is 0.266. The third-order valence-electron chi connectivity index (χ3n) is 2.62. The van der Waals surface area contributed by atoms with Crippen molar-refractivity contribution in [3.8, 4) is 5.75 Å². The molecule has 1 aliphatic rings. The van der Waals surface area contributed by atoms with Crippen LogP contribution in [0.3, 0.4) is 0 Å². The molecule has 0 amide bonds. The highest BCUT2D eigenvalue weighted by molar-refractivity contribution is 9.10. The first kappa shape index (κ1) is 9.03. The Bertz CT molecular complexity index is 358. The molecular formula is C10H12BrNO. The van der Waals surface area contributed by atoms with Gasteiger partial charge < -0.3 is 10.8 Å². The zero-order chi connectivity index (χ0) is 9.64. The maximum atomic E-state index is 9.83. The SMILES string of the molecule is Cc1ccc(Br)c(O)c1C1(N)CC1. The van der Waals surface area contributed by atoms with Crippen molar-refractivity contribution >= 4 is 15.9 Å². The summed E-state index contributed by atoms with van der Waals surface area (Å²) in [6.45, 7) is 1.98. The molecule has 0 bridgehead atoms. The lowest BCUT2D eigenvalue weighted by Crippen LogP contribution is -2.20. The molecule has 1 saturated carbocycles. The number of rotatable bonds is 1. The topological polar surface area (TPSA) is 46.2 Å². The summed E-state index contributed by atoms with van der Waals surface area (Å²) < 4.78 is 0.727. The minimum atomic E-state index is -0.266. The van der Waals surface area contributed by atoms with Gasteiger partial charge in [0.05, 0.1) is 4.47 Å². The van der Waals surface area contributed by atoms with Crippen LogP contribution in [0.15, 0.2) is 16.6 Å². The van der Waals surface area contributed by atoms with Gasteiger partial charge in [-0.15, -0.1) is 0 Å². The number of benzene rings is 1. The van der Waals surface area contributed by atoms with Crippen LogP contribution in [0.5, 0.6) is 5.75 Å². The van der Waals surface area contributed by atoms with Gasteiger partial charge in [-0.3, -0.25) is 0 Å². The Morgan fingerprint density at radius 1 is 1.46 bits per heavy atom. The van der Waals surface area contributed by atoms with Crippen molar-refractivity contribution in [3.05, 3.63) is 27.7 Å². The van der Waals surface area contributed by atoms with Crippen molar-refractivity contribution in [1.29, 1.82) is 0 Å². The number of phenols is 1. The van der Waals surface area contributed by atoms with E-state index >= 15 is 0 Å². The van der Waals surface area contributed by atoms with Crippen molar-refractivity contribution in [2.75, 3.05) is 0 Å². The predicted molar refractivity (Wildman–Crippen MR) is 55.6 cm³/mol. The molecular weight excluding hydrogens is 230 g/mol. The van der Waals surface area contributed by atoms with Gasteiger partial charge in [0.2, 0.25) is 0 Å². The summed E-state index contributed by atoms with van der Waals surface area (Å²) in [7, 11) is 0. The van der Waals surface area contributed by atoms with E-state index in [2.05, 4.69) is 15.9 Å². The second kappa shape index (κ2) is 2.72. The van der Waals surface area contributed by atoms with Crippen molar-refractivity contribution in [1.82, 2.24) is 0 Å². The molecule has 3 N–H and O–H groups in total. The molecule has 1 fully saturated rings. The second-order valence-corrected chi connectivity index (χ2v) is 4.60. The fraction of sp³-hybridized carbons (Fsp3) is 0.400. The molecule has 1 aliphatic carbocycles. The summed E-state index contributed by atoms with van der Waals surface area (Å²) in [5.74, 6) is 0.306. The quantitative estimate of drug-likeness (QED) is 0.794. The van der Waals surface area contributed by atoms with Gasteiger partial charge in [-0.1, -0.05) is 6.07 Å². The molecule has 0 unspecified atom stereocenters. The van der Waals surface area contributed by atoms with Gasteiger partial charge >= 0.3 is 0 Å². The number of halogens is 1. The lowest BCUT2D eigenvalue weighted by molar-refractivity contribution is 0.455. The van der Waals surface area contributed by atoms with Gasteiger partial charge in [0.1, 0.15) is 5.75 Å². The number of aromatic hydroxyl groups is 1. The molecule has 0 radical (unpaired) electrons. The van der Waals surface area contributed by atoms with Crippen LogP contribution in [-0.2, 0) is 5.54 Å². The lowest BCUT2D eigenvalue weighted by atomic mass is 9.99. The van der Waals surface area contributed by atoms with E-state index in [4.69, 9.17) is 5.73 Å². The molecule has 0 atom stereocenters. The van der Waals surface area contributed by atoms with Gasteiger partial charge in [0, 0.05) is 11.1 Å². The maximum absolute atomic E-state index is 9.83. The largest absolute Gasteiger partial charge is 0.506 e. The first-order valence-electron chi connectivity index (χ1n) is 4.32. The number of aryl methyl sites for hydroxylation is 1. The molecule has 70 valence electrons. The molecule has 0 aromatic heterocycles. The second-order valence-electron chi connectivity index (χ2n) is 3.74. The van der Waals surface area contributed by atoms with Crippen LogP contribution in [0.2, 0.25) is 0 Å². The average Bonchev–Trinajstić information content (AvgIpc) is 2.78. The fourth-order valence-corrected chi connectivity index (χ4v) is 2.01. The molecule has 0 aliphatic heterocycles. The van der Waals surface area contributed by atoms with Crippen LogP contribution >= 0.6 is 15.9 Å². The van der Waals surface area contributed by atoms with Gasteiger partial charge in [-0.25, -0.2) is 0 Å². The van der Waals surface area contributed by atoms with Gasteiger partial charge in [-0.2, -0.15) is 0 Å². The zero-order valence-electron chi connectivity index (χ0n) is 7.47. The Balaban J connectivity index is 2.61. The van der Waals surface area contributed by atoms with Crippen LogP contribution in [0.4, 0.5) is 0 Å². The Kier molecular flexibility index (Phi) is 1.89. The van der Waals surface area contributed by atoms with E-state index in [1.807, 2.05) is 19.1 Å². The van der Waals surface area contributed by atoms with Crippen LogP contribution in [0, 0.1) is 6.92 Å². The van der Waals surface area contributed by atoms with E-state index in [1.165, 1.54) is 0 Å². The van der Waals surface area contributed by atoms with Crippen molar-refractivity contribution in [3.63, 3.8) is 0 Å². The number of phenolic OH excluding ortho intramolecular Hbond substituents is 1. The maximum Gasteiger partial charge on any atom is 0.135 e. The molecule has 1 aromatic rings. The highest BCUT2D eigenvalue weighted by Gasteiger charge is 2.43. The summed E-state index contributed by atoms with van der Waals surface area (Å²) in [6.07, 6.45) is 1.94. The average molecular weight is 242 g/mol. The number of nitrogens with two attached hydrogens (primary N) is 1. The monoisotopic (exact) mass is 241 g/mol. The Labute approximate surface area is 85.9 Å². The Morgan fingerprint density at radius 2 is 2.08 bits per heavy atom. The van der Waals surface area contributed by atoms with E-state index < -0.39 is 0 Å². The van der Waals surface area contributed by atoms with Gasteiger partial charge in [0.15, 0.2) is 0 Å². The summed E-state index contributed by atoms with van der Waals surface area (Å²) in [5, 5.41) is 9.83. The third kappa shape index (κ3) is 1.36. The van der Waals surface area contributed by atoms with E-state index in [1.54, 1.807) is 0 Å². The van der Waals surface area contributed by atoms with Gasteiger partial charge in [0.25, 0.3) is 0 Å². The molecule has 0 saturated heterocycles. The Morgan fingerprint density at radius 3 is 2.62 bits per heavy atom. The molecule has 0 heterocycles. The molecule has 1 aromatic carbocycles. The third-order valence-corrected chi connectivity index (χ3v) is 3.26. The first-order valence-corrected chi connectivity index (χ1v) is 5.11. The molecule has 0 spiro atoms. The molecule has 13 heavy (non-hydrogen) atoms. The summed E-state index contributed by atoms with van der Waals surface area (Å²) in [4.78, 5) is 0. The zero-order valence-corrected chi connectivity index (χ0v) is 9.06. The number of hydrogen-bond donors (Lipinski definition) is 2. The van der Waals surface area contributed by atoms with E-state index in [0.29, 0.717) is 5.75 Å². The minimum Gasteiger partial charge on any atom is -0.506 e. The Hall–Kier alpha value is -0.540. The molecule has 3 heteroatoms. The van der Waals surface area contributed by atoms with Crippen LogP contribution < -0.4 is 5.73 Å². The highest BCUT2D eigenvalue weighted by atomic mass is 79.9. The standard InChI is InChI=1S/C10H12BrNO/c1-6-2-3-7(11)9(13)8(6)10(12)4-5-10/h2-3,13H,4-5,12H2,1H3. The van der Waals surface area contributed by atoms with Crippen molar-refractivity contribution in [2.45, 2.75) is 25.3 Å². The van der Waals surface area contributed by atoms with Crippen molar-refractivity contribution < 1.29 is 5.11 Å². The summed E-state index contributed by atoms with van der Waals surface area (Å²) >= 11 is 3.29. The van der Waals surface area contributed by atoms with E-state index in [9.17, 15) is 5.11 Å². The summed E-state index contributed by atoms with van der Waals surface area (Å²) in [5.41, 5.74) is 7.77. The van der Waals surface area contributed by atoms with E-state index in [-0.39, 0.29) is 5.54 Å². The van der Waals surface area contributed by atoms with Crippen LogP contribution in [0.25, 0.3) is 0 Å². The lowest BCUT2D eigenvalue weighted by Gasteiger charge is -2.15. The molecule has 2 rings (SSSR count). The van der Waals surface area contributed by atoms with Crippen molar-refractivity contribution in [2.24, 2.45) is 5.73 Å². The fourth-order valence-electron chi connectivity index (χ4n) is 1.68. The van der Waals surface area contributed by atoms with Crippen LogP contribution in [-0.4, -0.2) is 5.11 Å². The molecule has 2 nitrogen and oxygen atoms in total.